The van der Waals surface area contributed by atoms with E-state index in [0.29, 0.717) is 12.3 Å². The van der Waals surface area contributed by atoms with Crippen molar-refractivity contribution in [1.29, 1.82) is 0 Å². The average Bonchev–Trinajstić information content (AvgIpc) is 2.70. The molecule has 0 spiro atoms. The van der Waals surface area contributed by atoms with E-state index in [1.54, 1.807) is 33.1 Å². The number of methoxy groups -OCH3 is 1. The summed E-state index contributed by atoms with van der Waals surface area (Å²) in [4.78, 5) is 26.5. The summed E-state index contributed by atoms with van der Waals surface area (Å²) in [5.41, 5.74) is 1.62. The van der Waals surface area contributed by atoms with Gasteiger partial charge in [-0.15, -0.1) is 0 Å². The minimum Gasteiger partial charge on any atom is -0.496 e. The van der Waals surface area contributed by atoms with Crippen LogP contribution in [-0.2, 0) is 22.7 Å². The zero-order valence-electron chi connectivity index (χ0n) is 15.9. The Morgan fingerprint density at radius 1 is 1.15 bits per heavy atom. The highest BCUT2D eigenvalue weighted by Gasteiger charge is 2.25. The average molecular weight is 372 g/mol. The molecule has 144 valence electrons. The van der Waals surface area contributed by atoms with Crippen molar-refractivity contribution in [3.8, 4) is 5.75 Å². The van der Waals surface area contributed by atoms with Gasteiger partial charge in [0.15, 0.2) is 0 Å². The van der Waals surface area contributed by atoms with Crippen molar-refractivity contribution in [2.24, 2.45) is 0 Å². The Morgan fingerprint density at radius 3 is 2.44 bits per heavy atom. The number of hydrogen-bond acceptors (Lipinski definition) is 3. The van der Waals surface area contributed by atoms with Crippen molar-refractivity contribution >= 4 is 11.8 Å². The van der Waals surface area contributed by atoms with E-state index in [4.69, 9.17) is 4.74 Å². The number of ether oxygens (including phenoxy) is 1. The molecule has 0 saturated heterocycles. The molecule has 0 radical (unpaired) electrons. The van der Waals surface area contributed by atoms with E-state index in [1.807, 2.05) is 24.3 Å². The summed E-state index contributed by atoms with van der Waals surface area (Å²) in [6.07, 6.45) is 0.283. The first-order valence-electron chi connectivity index (χ1n) is 8.89. The number of nitrogens with one attached hydrogen (secondary N) is 1. The molecule has 5 nitrogen and oxygen atoms in total. The number of carbonyl (C=O) groups is 2. The lowest BCUT2D eigenvalue weighted by Crippen LogP contribution is -2.47. The van der Waals surface area contributed by atoms with Crippen LogP contribution in [0.2, 0.25) is 0 Å². The van der Waals surface area contributed by atoms with Crippen molar-refractivity contribution in [2.75, 3.05) is 7.11 Å². The Morgan fingerprint density at radius 2 is 1.81 bits per heavy atom. The van der Waals surface area contributed by atoms with Crippen LogP contribution in [0.4, 0.5) is 4.39 Å². The van der Waals surface area contributed by atoms with Crippen molar-refractivity contribution in [2.45, 2.75) is 39.4 Å². The number of nitrogens with zero attached hydrogens (tertiary/aromatic N) is 1. The van der Waals surface area contributed by atoms with Crippen LogP contribution in [0.1, 0.15) is 31.4 Å². The molecule has 2 amide bonds. The minimum absolute atomic E-state index is 0.140. The molecule has 0 aliphatic carbocycles. The third-order valence-corrected chi connectivity index (χ3v) is 4.38. The zero-order chi connectivity index (χ0) is 19.8. The molecule has 2 rings (SSSR count). The number of halogens is 1. The van der Waals surface area contributed by atoms with Gasteiger partial charge >= 0.3 is 0 Å². The summed E-state index contributed by atoms with van der Waals surface area (Å²) in [6, 6.07) is 12.7. The highest BCUT2D eigenvalue weighted by atomic mass is 19.1. The summed E-state index contributed by atoms with van der Waals surface area (Å²) >= 11 is 0. The third kappa shape index (κ3) is 5.54. The van der Waals surface area contributed by atoms with E-state index < -0.39 is 6.04 Å². The van der Waals surface area contributed by atoms with Gasteiger partial charge in [-0.3, -0.25) is 9.59 Å². The maximum absolute atomic E-state index is 13.1. The van der Waals surface area contributed by atoms with Crippen molar-refractivity contribution in [3.63, 3.8) is 0 Å². The van der Waals surface area contributed by atoms with E-state index in [9.17, 15) is 14.0 Å². The van der Waals surface area contributed by atoms with Crippen LogP contribution < -0.4 is 10.1 Å². The highest BCUT2D eigenvalue weighted by Crippen LogP contribution is 2.17. The van der Waals surface area contributed by atoms with E-state index in [2.05, 4.69) is 5.32 Å². The fourth-order valence-electron chi connectivity index (χ4n) is 2.75. The number of amides is 2. The molecule has 0 fully saturated rings. The molecule has 0 aliphatic rings. The number of hydrogen-bond donors (Lipinski definition) is 1. The van der Waals surface area contributed by atoms with Crippen LogP contribution in [-0.4, -0.2) is 29.9 Å². The molecule has 2 aromatic rings. The van der Waals surface area contributed by atoms with E-state index in [0.717, 1.165) is 11.1 Å². The molecular formula is C21H25FN2O3. The minimum atomic E-state index is -0.655. The molecule has 27 heavy (non-hydrogen) atoms. The second-order valence-electron chi connectivity index (χ2n) is 6.21. The van der Waals surface area contributed by atoms with Crippen LogP contribution in [0.5, 0.6) is 5.75 Å². The number of rotatable bonds is 8. The quantitative estimate of drug-likeness (QED) is 0.774. The molecule has 0 heterocycles. The predicted octanol–water partition coefficient (Wildman–Crippen LogP) is 3.28. The normalized spacial score (nSPS) is 11.6. The summed E-state index contributed by atoms with van der Waals surface area (Å²) in [5, 5.41) is 2.85. The van der Waals surface area contributed by atoms with Gasteiger partial charge in [0.1, 0.15) is 17.6 Å². The largest absolute Gasteiger partial charge is 0.496 e. The molecule has 0 aliphatic heterocycles. The molecule has 1 atom stereocenters. The zero-order valence-corrected chi connectivity index (χ0v) is 15.9. The van der Waals surface area contributed by atoms with Gasteiger partial charge < -0.3 is 15.0 Å². The topological polar surface area (TPSA) is 58.6 Å². The first-order chi connectivity index (χ1) is 13.0. The molecule has 0 aromatic heterocycles. The number of benzene rings is 2. The Bertz CT molecular complexity index is 777. The Balaban J connectivity index is 2.07. The van der Waals surface area contributed by atoms with Crippen LogP contribution in [0.3, 0.4) is 0 Å². The van der Waals surface area contributed by atoms with Gasteiger partial charge in [0.05, 0.1) is 7.11 Å². The van der Waals surface area contributed by atoms with Crippen LogP contribution in [0.25, 0.3) is 0 Å². The molecule has 1 unspecified atom stereocenters. The molecule has 2 aromatic carbocycles. The van der Waals surface area contributed by atoms with Gasteiger partial charge in [-0.25, -0.2) is 4.39 Å². The van der Waals surface area contributed by atoms with E-state index in [-0.39, 0.29) is 30.6 Å². The highest BCUT2D eigenvalue weighted by molar-refractivity contribution is 5.87. The Labute approximate surface area is 159 Å². The molecule has 6 heteroatoms. The van der Waals surface area contributed by atoms with Crippen LogP contribution in [0, 0.1) is 5.82 Å². The monoisotopic (exact) mass is 372 g/mol. The maximum Gasteiger partial charge on any atom is 0.242 e. The summed E-state index contributed by atoms with van der Waals surface area (Å²) < 4.78 is 18.4. The molecule has 1 N–H and O–H groups in total. The lowest BCUT2D eigenvalue weighted by atomic mass is 10.1. The van der Waals surface area contributed by atoms with E-state index in [1.165, 1.54) is 17.0 Å². The second kappa shape index (κ2) is 9.71. The molecule has 0 saturated carbocycles. The first kappa shape index (κ1) is 20.4. The fraction of sp³-hybridized carbons (Fsp3) is 0.333. The van der Waals surface area contributed by atoms with Gasteiger partial charge in [-0.05, 0) is 30.7 Å². The second-order valence-corrected chi connectivity index (χ2v) is 6.21. The van der Waals surface area contributed by atoms with E-state index >= 15 is 0 Å². The Kier molecular flexibility index (Phi) is 7.34. The summed E-state index contributed by atoms with van der Waals surface area (Å²) in [7, 11) is 1.58. The van der Waals surface area contributed by atoms with Crippen molar-refractivity contribution in [3.05, 3.63) is 65.5 Å². The summed E-state index contributed by atoms with van der Waals surface area (Å²) in [6.45, 7) is 3.99. The lowest BCUT2D eigenvalue weighted by Gasteiger charge is -2.28. The maximum atomic E-state index is 13.1. The number of carbonyl (C=O) groups excluding carboxylic acids is 2. The van der Waals surface area contributed by atoms with Crippen LogP contribution >= 0.6 is 0 Å². The summed E-state index contributed by atoms with van der Waals surface area (Å²) in [5.74, 6) is -0.0444. The smallest absolute Gasteiger partial charge is 0.242 e. The molecular weight excluding hydrogens is 347 g/mol. The third-order valence-electron chi connectivity index (χ3n) is 4.38. The SMILES string of the molecule is CCC(=O)N(Cc1ccc(F)cc1)C(C)C(=O)NCc1ccccc1OC. The molecule has 0 bridgehead atoms. The van der Waals surface area contributed by atoms with Gasteiger partial charge in [-0.2, -0.15) is 0 Å². The van der Waals surface area contributed by atoms with Crippen molar-refractivity contribution in [1.82, 2.24) is 10.2 Å². The van der Waals surface area contributed by atoms with Gasteiger partial charge in [-0.1, -0.05) is 37.3 Å². The number of para-hydroxylation sites is 1. The van der Waals surface area contributed by atoms with Gasteiger partial charge in [0, 0.05) is 25.1 Å². The Hall–Kier alpha value is -2.89. The van der Waals surface area contributed by atoms with Crippen LogP contribution in [0.15, 0.2) is 48.5 Å². The van der Waals surface area contributed by atoms with Gasteiger partial charge in [0.2, 0.25) is 11.8 Å². The lowest BCUT2D eigenvalue weighted by molar-refractivity contribution is -0.140. The standard InChI is InChI=1S/C21H25FN2O3/c1-4-20(25)24(14-16-9-11-18(22)12-10-16)15(2)21(26)23-13-17-7-5-6-8-19(17)27-3/h5-12,15H,4,13-14H2,1-3H3,(H,23,26). The first-order valence-corrected chi connectivity index (χ1v) is 8.89. The fourth-order valence-corrected chi connectivity index (χ4v) is 2.75. The van der Waals surface area contributed by atoms with Crippen molar-refractivity contribution < 1.29 is 18.7 Å². The van der Waals surface area contributed by atoms with Gasteiger partial charge in [0.25, 0.3) is 0 Å². The predicted molar refractivity (Wildman–Crippen MR) is 102 cm³/mol.